The summed E-state index contributed by atoms with van der Waals surface area (Å²) in [6.45, 7) is 1.13. The van der Waals surface area contributed by atoms with Gasteiger partial charge >= 0.3 is 0 Å². The number of nitrogens with zero attached hydrogens (tertiary/aromatic N) is 2. The summed E-state index contributed by atoms with van der Waals surface area (Å²) in [6.07, 6.45) is 6.89. The molecule has 2 atom stereocenters. The lowest BCUT2D eigenvalue weighted by Gasteiger charge is -2.31. The van der Waals surface area contributed by atoms with Crippen molar-refractivity contribution in [3.63, 3.8) is 0 Å². The van der Waals surface area contributed by atoms with E-state index < -0.39 is 10.2 Å². The summed E-state index contributed by atoms with van der Waals surface area (Å²) in [5, 5.41) is 0. The van der Waals surface area contributed by atoms with Gasteiger partial charge in [0, 0.05) is 25.0 Å². The minimum absolute atomic E-state index is 0.0900. The molecule has 2 saturated heterocycles. The number of hydrogen-bond donors (Lipinski definition) is 1. The molecule has 2 fully saturated rings. The van der Waals surface area contributed by atoms with Gasteiger partial charge in [0.05, 0.1) is 18.3 Å². The van der Waals surface area contributed by atoms with Gasteiger partial charge in [0.25, 0.3) is 10.2 Å². The molecule has 23 heavy (non-hydrogen) atoms. The lowest BCUT2D eigenvalue weighted by atomic mass is 10.2. The second kappa shape index (κ2) is 5.81. The van der Waals surface area contributed by atoms with Gasteiger partial charge in [-0.25, -0.2) is 0 Å². The molecule has 2 aliphatic rings. The van der Waals surface area contributed by atoms with Gasteiger partial charge in [0.15, 0.2) is 0 Å². The molecule has 0 amide bonds. The van der Waals surface area contributed by atoms with Gasteiger partial charge in [-0.05, 0) is 49.9 Å². The Morgan fingerprint density at radius 2 is 1.78 bits per heavy atom. The van der Waals surface area contributed by atoms with Gasteiger partial charge < -0.3 is 9.40 Å². The van der Waals surface area contributed by atoms with Gasteiger partial charge in [-0.3, -0.25) is 0 Å². The molecule has 0 aromatic carbocycles. The van der Waals surface area contributed by atoms with Crippen LogP contribution in [0.5, 0.6) is 0 Å². The number of nitrogens with one attached hydrogen (secondary N) is 1. The van der Waals surface area contributed by atoms with Crippen LogP contribution >= 0.6 is 0 Å². The van der Waals surface area contributed by atoms with Gasteiger partial charge in [-0.1, -0.05) is 0 Å². The highest BCUT2D eigenvalue weighted by molar-refractivity contribution is 7.86. The standard InChI is InChI=1S/C16H21N3O3S/c20-23(21,18-10-2-6-14(18)13-5-1-9-17-13)19-11-3-7-15(19)16-8-4-12-22-16/h1,4-5,8-9,12,14-15,17H,2-3,6-7,10-11H2/t14-,15-/m0/s1. The maximum atomic E-state index is 13.2. The van der Waals surface area contributed by atoms with Gasteiger partial charge in [0.2, 0.25) is 0 Å². The molecule has 6 nitrogen and oxygen atoms in total. The van der Waals surface area contributed by atoms with E-state index >= 15 is 0 Å². The fraction of sp³-hybridized carbons (Fsp3) is 0.500. The van der Waals surface area contributed by atoms with Crippen molar-refractivity contribution in [1.82, 2.24) is 13.6 Å². The van der Waals surface area contributed by atoms with E-state index in [9.17, 15) is 8.42 Å². The van der Waals surface area contributed by atoms with E-state index in [4.69, 9.17) is 4.42 Å². The Kier molecular flexibility index (Phi) is 3.79. The van der Waals surface area contributed by atoms with Crippen LogP contribution in [0.3, 0.4) is 0 Å². The molecule has 0 saturated carbocycles. The van der Waals surface area contributed by atoms with E-state index in [1.807, 2.05) is 30.5 Å². The van der Waals surface area contributed by atoms with Crippen molar-refractivity contribution in [3.8, 4) is 0 Å². The van der Waals surface area contributed by atoms with Crippen LogP contribution in [0, 0.1) is 0 Å². The Hall–Kier alpha value is -1.57. The first-order chi connectivity index (χ1) is 11.2. The molecular formula is C16H21N3O3S. The molecule has 1 N–H and O–H groups in total. The van der Waals surface area contributed by atoms with Crippen LogP contribution in [0.15, 0.2) is 41.1 Å². The number of rotatable bonds is 4. The Balaban J connectivity index is 1.64. The monoisotopic (exact) mass is 335 g/mol. The number of hydrogen-bond acceptors (Lipinski definition) is 3. The van der Waals surface area contributed by atoms with Crippen LogP contribution in [0.1, 0.15) is 49.2 Å². The van der Waals surface area contributed by atoms with E-state index in [1.54, 1.807) is 14.9 Å². The molecular weight excluding hydrogens is 314 g/mol. The second-order valence-corrected chi connectivity index (χ2v) is 8.02. The molecule has 2 aromatic heterocycles. The number of aromatic amines is 1. The van der Waals surface area contributed by atoms with Crippen LogP contribution in [0.25, 0.3) is 0 Å². The summed E-state index contributed by atoms with van der Waals surface area (Å²) in [5.41, 5.74) is 0.972. The minimum atomic E-state index is -3.50. The fourth-order valence-corrected chi connectivity index (χ4v) is 5.86. The van der Waals surface area contributed by atoms with Gasteiger partial charge in [-0.15, -0.1) is 0 Å². The van der Waals surface area contributed by atoms with Crippen molar-refractivity contribution >= 4 is 10.2 Å². The van der Waals surface area contributed by atoms with E-state index in [0.717, 1.165) is 37.1 Å². The molecule has 2 aliphatic heterocycles. The normalized spacial score (nSPS) is 27.0. The fourth-order valence-electron chi connectivity index (χ4n) is 3.79. The summed E-state index contributed by atoms with van der Waals surface area (Å²) in [4.78, 5) is 3.17. The third-order valence-corrected chi connectivity index (χ3v) is 6.91. The van der Waals surface area contributed by atoms with Crippen molar-refractivity contribution in [2.75, 3.05) is 13.1 Å². The van der Waals surface area contributed by atoms with Crippen LogP contribution in [0.2, 0.25) is 0 Å². The summed E-state index contributed by atoms with van der Waals surface area (Å²) >= 11 is 0. The Labute approximate surface area is 136 Å². The molecule has 0 radical (unpaired) electrons. The first-order valence-electron chi connectivity index (χ1n) is 8.13. The number of furan rings is 1. The van der Waals surface area contributed by atoms with Crippen molar-refractivity contribution in [1.29, 1.82) is 0 Å². The lowest BCUT2D eigenvalue weighted by molar-refractivity contribution is 0.293. The maximum Gasteiger partial charge on any atom is 0.283 e. The largest absolute Gasteiger partial charge is 0.468 e. The van der Waals surface area contributed by atoms with Gasteiger partial charge in [0.1, 0.15) is 5.76 Å². The van der Waals surface area contributed by atoms with Crippen molar-refractivity contribution in [2.45, 2.75) is 37.8 Å². The lowest BCUT2D eigenvalue weighted by Crippen LogP contribution is -2.43. The van der Waals surface area contributed by atoms with Crippen LogP contribution in [-0.2, 0) is 10.2 Å². The summed E-state index contributed by atoms with van der Waals surface area (Å²) < 4.78 is 35.2. The van der Waals surface area contributed by atoms with Crippen molar-refractivity contribution in [2.24, 2.45) is 0 Å². The number of aromatic nitrogens is 1. The third-order valence-electron chi connectivity index (χ3n) is 4.85. The zero-order valence-electron chi connectivity index (χ0n) is 12.9. The minimum Gasteiger partial charge on any atom is -0.468 e. The van der Waals surface area contributed by atoms with Crippen LogP contribution in [-0.4, -0.2) is 35.1 Å². The molecule has 0 spiro atoms. The third kappa shape index (κ3) is 2.52. The smallest absolute Gasteiger partial charge is 0.283 e. The SMILES string of the molecule is O=S(=O)(N1CCC[C@H]1c1ccc[nH]1)N1CCC[C@H]1c1ccco1. The summed E-state index contributed by atoms with van der Waals surface area (Å²) in [7, 11) is -3.50. The highest BCUT2D eigenvalue weighted by Gasteiger charge is 2.44. The molecule has 0 bridgehead atoms. The average Bonchev–Trinajstić information content (AvgIpc) is 3.35. The van der Waals surface area contributed by atoms with E-state index in [1.165, 1.54) is 0 Å². The van der Waals surface area contributed by atoms with E-state index in [-0.39, 0.29) is 12.1 Å². The van der Waals surface area contributed by atoms with Crippen molar-refractivity contribution in [3.05, 3.63) is 48.2 Å². The van der Waals surface area contributed by atoms with E-state index in [0.29, 0.717) is 13.1 Å². The summed E-state index contributed by atoms with van der Waals surface area (Å²) in [5.74, 6) is 0.738. The topological polar surface area (TPSA) is 69.6 Å². The summed E-state index contributed by atoms with van der Waals surface area (Å²) in [6, 6.07) is 7.29. The zero-order valence-corrected chi connectivity index (χ0v) is 13.7. The number of H-pyrrole nitrogens is 1. The predicted molar refractivity (Wildman–Crippen MR) is 85.8 cm³/mol. The Morgan fingerprint density at radius 1 is 1.04 bits per heavy atom. The highest BCUT2D eigenvalue weighted by Crippen LogP contribution is 2.40. The molecule has 0 aliphatic carbocycles. The van der Waals surface area contributed by atoms with Crippen LogP contribution < -0.4 is 0 Å². The Bertz CT molecular complexity index is 681. The molecule has 0 unspecified atom stereocenters. The molecule has 124 valence electrons. The van der Waals surface area contributed by atoms with E-state index in [2.05, 4.69) is 4.98 Å². The first-order valence-corrected chi connectivity index (χ1v) is 9.53. The van der Waals surface area contributed by atoms with Gasteiger partial charge in [-0.2, -0.15) is 17.0 Å². The molecule has 2 aromatic rings. The van der Waals surface area contributed by atoms with Crippen molar-refractivity contribution < 1.29 is 12.8 Å². The zero-order chi connectivity index (χ0) is 15.9. The highest BCUT2D eigenvalue weighted by atomic mass is 32.2. The molecule has 4 heterocycles. The maximum absolute atomic E-state index is 13.2. The quantitative estimate of drug-likeness (QED) is 0.934. The molecule has 7 heteroatoms. The van der Waals surface area contributed by atoms with Crippen LogP contribution in [0.4, 0.5) is 0 Å². The average molecular weight is 335 g/mol. The predicted octanol–water partition coefficient (Wildman–Crippen LogP) is 2.83. The molecule has 4 rings (SSSR count). The first kappa shape index (κ1) is 15.0. The Morgan fingerprint density at radius 3 is 2.43 bits per heavy atom. The second-order valence-electron chi connectivity index (χ2n) is 6.19.